The molecular formula is C21H28O5. The molecule has 0 spiro atoms. The van der Waals surface area contributed by atoms with E-state index in [0.717, 1.165) is 32.1 Å². The first-order valence-corrected chi connectivity index (χ1v) is 9.24. The summed E-state index contributed by atoms with van der Waals surface area (Å²) in [5.41, 5.74) is 0.553. The van der Waals surface area contributed by atoms with E-state index >= 15 is 0 Å². The molecule has 5 nitrogen and oxygen atoms in total. The summed E-state index contributed by atoms with van der Waals surface area (Å²) < 4.78 is 10.3. The third-order valence-corrected chi connectivity index (χ3v) is 4.96. The Balaban J connectivity index is 1.84. The Hall–Kier alpha value is -2.14. The quantitative estimate of drug-likeness (QED) is 0.414. The van der Waals surface area contributed by atoms with Crippen LogP contribution in [-0.2, 0) is 14.3 Å². The van der Waals surface area contributed by atoms with E-state index in [0.29, 0.717) is 12.0 Å². The minimum absolute atomic E-state index is 0.111. The number of carbonyl (C=O) groups excluding carboxylic acids is 2. The molecule has 5 heteroatoms. The Morgan fingerprint density at radius 1 is 1.19 bits per heavy atom. The Morgan fingerprint density at radius 3 is 2.65 bits per heavy atom. The summed E-state index contributed by atoms with van der Waals surface area (Å²) in [6.07, 6.45) is 8.33. The number of benzene rings is 1. The smallest absolute Gasteiger partial charge is 0.338 e. The van der Waals surface area contributed by atoms with Crippen LogP contribution < -0.4 is 0 Å². The number of carbonyl (C=O) groups is 2. The first kappa shape index (κ1) is 20.2. The van der Waals surface area contributed by atoms with Crippen molar-refractivity contribution < 1.29 is 24.2 Å². The van der Waals surface area contributed by atoms with E-state index < -0.39 is 0 Å². The lowest BCUT2D eigenvalue weighted by molar-refractivity contribution is -0.140. The lowest BCUT2D eigenvalue weighted by atomic mass is 9.91. The van der Waals surface area contributed by atoms with Crippen molar-refractivity contribution in [2.45, 2.75) is 44.6 Å². The van der Waals surface area contributed by atoms with Crippen LogP contribution in [0.25, 0.3) is 0 Å². The highest BCUT2D eigenvalue weighted by atomic mass is 16.5. The van der Waals surface area contributed by atoms with Gasteiger partial charge in [0.25, 0.3) is 0 Å². The summed E-state index contributed by atoms with van der Waals surface area (Å²) in [6.45, 7) is 0.111. The second kappa shape index (κ2) is 10.8. The maximum Gasteiger partial charge on any atom is 0.338 e. The number of esters is 2. The van der Waals surface area contributed by atoms with Gasteiger partial charge in [0.05, 0.1) is 12.7 Å². The molecule has 26 heavy (non-hydrogen) atoms. The molecule has 1 N–H and O–H groups in total. The SMILES string of the molecule is COC(=O)CCC/C=C\C[C@@H]1[C@@H](CO)CC[C@@H]1OC(=O)c1ccccc1. The van der Waals surface area contributed by atoms with Gasteiger partial charge < -0.3 is 14.6 Å². The van der Waals surface area contributed by atoms with Crippen molar-refractivity contribution in [2.75, 3.05) is 13.7 Å². The average Bonchev–Trinajstić information content (AvgIpc) is 3.06. The van der Waals surface area contributed by atoms with Gasteiger partial charge in [-0.2, -0.15) is 0 Å². The Labute approximate surface area is 155 Å². The number of ether oxygens (including phenoxy) is 2. The molecule has 0 bridgehead atoms. The van der Waals surface area contributed by atoms with Crippen LogP contribution in [0.1, 0.15) is 48.9 Å². The largest absolute Gasteiger partial charge is 0.469 e. The van der Waals surface area contributed by atoms with Gasteiger partial charge in [-0.3, -0.25) is 4.79 Å². The third-order valence-electron chi connectivity index (χ3n) is 4.96. The molecule has 1 aromatic rings. The summed E-state index contributed by atoms with van der Waals surface area (Å²) in [7, 11) is 1.39. The fourth-order valence-corrected chi connectivity index (χ4v) is 3.44. The summed E-state index contributed by atoms with van der Waals surface area (Å²) in [6, 6.07) is 8.99. The highest BCUT2D eigenvalue weighted by Crippen LogP contribution is 2.37. The van der Waals surface area contributed by atoms with Crippen LogP contribution in [-0.4, -0.2) is 36.9 Å². The van der Waals surface area contributed by atoms with E-state index in [9.17, 15) is 14.7 Å². The number of methoxy groups -OCH3 is 1. The van der Waals surface area contributed by atoms with Crippen LogP contribution in [0.15, 0.2) is 42.5 Å². The summed E-state index contributed by atoms with van der Waals surface area (Å²) >= 11 is 0. The molecule has 0 saturated heterocycles. The summed E-state index contributed by atoms with van der Waals surface area (Å²) in [5, 5.41) is 9.62. The molecule has 3 atom stereocenters. The van der Waals surface area contributed by atoms with Gasteiger partial charge in [-0.05, 0) is 50.2 Å². The minimum Gasteiger partial charge on any atom is -0.469 e. The van der Waals surface area contributed by atoms with Crippen LogP contribution in [0.4, 0.5) is 0 Å². The second-order valence-electron chi connectivity index (χ2n) is 6.67. The van der Waals surface area contributed by atoms with Crippen molar-refractivity contribution in [1.82, 2.24) is 0 Å². The Kier molecular flexibility index (Phi) is 8.35. The lowest BCUT2D eigenvalue weighted by Crippen LogP contribution is -2.26. The lowest BCUT2D eigenvalue weighted by Gasteiger charge is -2.23. The van der Waals surface area contributed by atoms with Gasteiger partial charge in [0.15, 0.2) is 0 Å². The molecule has 0 radical (unpaired) electrons. The van der Waals surface area contributed by atoms with Crippen molar-refractivity contribution in [1.29, 1.82) is 0 Å². The number of allylic oxidation sites excluding steroid dienone is 2. The van der Waals surface area contributed by atoms with Crippen molar-refractivity contribution in [2.24, 2.45) is 11.8 Å². The van der Waals surface area contributed by atoms with Crippen LogP contribution >= 0.6 is 0 Å². The number of hydrogen-bond acceptors (Lipinski definition) is 5. The van der Waals surface area contributed by atoms with Crippen LogP contribution in [0.2, 0.25) is 0 Å². The molecule has 1 aliphatic rings. The van der Waals surface area contributed by atoms with E-state index in [1.807, 2.05) is 24.3 Å². The predicted octanol–water partition coefficient (Wildman–Crippen LogP) is 3.52. The first-order chi connectivity index (χ1) is 12.7. The maximum absolute atomic E-state index is 12.3. The molecule has 1 saturated carbocycles. The summed E-state index contributed by atoms with van der Waals surface area (Å²) in [4.78, 5) is 23.4. The van der Waals surface area contributed by atoms with Gasteiger partial charge in [-0.25, -0.2) is 4.79 Å². The standard InChI is InChI=1S/C21H28O5/c1-25-20(23)12-8-3-2-7-11-18-17(15-22)13-14-19(18)26-21(24)16-9-5-4-6-10-16/h2,4-7,9-10,17-19,22H,3,8,11-15H2,1H3/b7-2-/t17-,18-,19+/m1/s1. The van der Waals surface area contributed by atoms with Crippen LogP contribution in [0.5, 0.6) is 0 Å². The third kappa shape index (κ3) is 5.99. The molecular weight excluding hydrogens is 332 g/mol. The second-order valence-corrected chi connectivity index (χ2v) is 6.67. The first-order valence-electron chi connectivity index (χ1n) is 9.24. The van der Waals surface area contributed by atoms with Gasteiger partial charge in [-0.1, -0.05) is 30.4 Å². The van der Waals surface area contributed by atoms with Crippen LogP contribution in [0, 0.1) is 11.8 Å². The van der Waals surface area contributed by atoms with Crippen molar-refractivity contribution >= 4 is 11.9 Å². The topological polar surface area (TPSA) is 72.8 Å². The highest BCUT2D eigenvalue weighted by Gasteiger charge is 2.37. The van der Waals surface area contributed by atoms with Crippen molar-refractivity contribution in [3.8, 4) is 0 Å². The Morgan fingerprint density at radius 2 is 1.96 bits per heavy atom. The van der Waals surface area contributed by atoms with Gasteiger partial charge in [0, 0.05) is 18.9 Å². The zero-order valence-corrected chi connectivity index (χ0v) is 15.3. The number of rotatable bonds is 9. The normalized spacial score (nSPS) is 22.5. The maximum atomic E-state index is 12.3. The molecule has 142 valence electrons. The zero-order chi connectivity index (χ0) is 18.8. The number of hydrogen-bond donors (Lipinski definition) is 1. The molecule has 1 aromatic carbocycles. The fourth-order valence-electron chi connectivity index (χ4n) is 3.44. The molecule has 0 unspecified atom stereocenters. The molecule has 2 rings (SSSR count). The molecule has 1 aliphatic carbocycles. The van der Waals surface area contributed by atoms with Crippen molar-refractivity contribution in [3.63, 3.8) is 0 Å². The molecule has 1 fully saturated rings. The zero-order valence-electron chi connectivity index (χ0n) is 15.3. The number of unbranched alkanes of at least 4 members (excludes halogenated alkanes) is 1. The number of aliphatic hydroxyl groups excluding tert-OH is 1. The molecule has 0 amide bonds. The van der Waals surface area contributed by atoms with E-state index in [1.165, 1.54) is 7.11 Å². The predicted molar refractivity (Wildman–Crippen MR) is 98.6 cm³/mol. The van der Waals surface area contributed by atoms with Gasteiger partial charge in [0.1, 0.15) is 6.10 Å². The van der Waals surface area contributed by atoms with E-state index in [-0.39, 0.29) is 36.5 Å². The highest BCUT2D eigenvalue weighted by molar-refractivity contribution is 5.89. The van der Waals surface area contributed by atoms with E-state index in [1.54, 1.807) is 12.1 Å². The number of aliphatic hydroxyl groups is 1. The average molecular weight is 360 g/mol. The van der Waals surface area contributed by atoms with E-state index in [4.69, 9.17) is 4.74 Å². The fraction of sp³-hybridized carbons (Fsp3) is 0.524. The molecule has 0 aromatic heterocycles. The van der Waals surface area contributed by atoms with E-state index in [2.05, 4.69) is 10.8 Å². The molecule has 0 aliphatic heterocycles. The molecule has 0 heterocycles. The van der Waals surface area contributed by atoms with Crippen LogP contribution in [0.3, 0.4) is 0 Å². The van der Waals surface area contributed by atoms with Gasteiger partial charge in [0.2, 0.25) is 0 Å². The Bertz CT molecular complexity index is 596. The monoisotopic (exact) mass is 360 g/mol. The summed E-state index contributed by atoms with van der Waals surface area (Å²) in [5.74, 6) is -0.212. The minimum atomic E-state index is -0.304. The van der Waals surface area contributed by atoms with Crippen molar-refractivity contribution in [3.05, 3.63) is 48.0 Å². The van der Waals surface area contributed by atoms with Gasteiger partial charge in [-0.15, -0.1) is 0 Å². The van der Waals surface area contributed by atoms with Gasteiger partial charge >= 0.3 is 11.9 Å².